The highest BCUT2D eigenvalue weighted by molar-refractivity contribution is 5.40. The van der Waals surface area contributed by atoms with Crippen LogP contribution in [0.1, 0.15) is 32.3 Å². The van der Waals surface area contributed by atoms with Gasteiger partial charge in [0, 0.05) is 11.7 Å². The predicted molar refractivity (Wildman–Crippen MR) is 62.4 cm³/mol. The zero-order valence-corrected chi connectivity index (χ0v) is 9.25. The van der Waals surface area contributed by atoms with Crippen LogP contribution in [0.15, 0.2) is 24.3 Å². The van der Waals surface area contributed by atoms with Crippen LogP contribution in [-0.2, 0) is 0 Å². The van der Waals surface area contributed by atoms with Crippen molar-refractivity contribution in [3.63, 3.8) is 0 Å². The molecular formula is C12H20N2. The molecule has 2 nitrogen and oxygen atoms in total. The molecule has 1 rings (SSSR count). The Balaban J connectivity index is 2.68. The Kier molecular flexibility index (Phi) is 3.96. The first-order valence-electron chi connectivity index (χ1n) is 5.24. The summed E-state index contributed by atoms with van der Waals surface area (Å²) in [4.78, 5) is 0. The van der Waals surface area contributed by atoms with Crippen molar-refractivity contribution in [3.8, 4) is 0 Å². The smallest absolute Gasteiger partial charge is 0.0314 e. The maximum absolute atomic E-state index is 5.65. The molecule has 0 fully saturated rings. The Morgan fingerprint density at radius 1 is 1.21 bits per heavy atom. The van der Waals surface area contributed by atoms with Gasteiger partial charge in [-0.3, -0.25) is 0 Å². The Labute approximate surface area is 86.5 Å². The Hall–Kier alpha value is -1.02. The third kappa shape index (κ3) is 2.74. The normalized spacial score (nSPS) is 15.1. The van der Waals surface area contributed by atoms with Gasteiger partial charge in [0.2, 0.25) is 0 Å². The summed E-state index contributed by atoms with van der Waals surface area (Å²) >= 11 is 0. The van der Waals surface area contributed by atoms with Crippen LogP contribution >= 0.6 is 0 Å². The van der Waals surface area contributed by atoms with Gasteiger partial charge in [-0.05, 0) is 37.1 Å². The van der Waals surface area contributed by atoms with Gasteiger partial charge in [0.05, 0.1) is 0 Å². The van der Waals surface area contributed by atoms with Crippen molar-refractivity contribution in [1.82, 2.24) is 5.32 Å². The monoisotopic (exact) mass is 192 g/mol. The van der Waals surface area contributed by atoms with Crippen LogP contribution in [0.2, 0.25) is 0 Å². The minimum Gasteiger partial charge on any atom is -0.399 e. The number of rotatable bonds is 4. The SMILES string of the molecule is CCNC(C)[C@H](C)c1ccc(N)cc1. The molecule has 1 aromatic carbocycles. The van der Waals surface area contributed by atoms with Crippen molar-refractivity contribution in [2.24, 2.45) is 0 Å². The first-order valence-corrected chi connectivity index (χ1v) is 5.24. The first kappa shape index (κ1) is 11.1. The van der Waals surface area contributed by atoms with Crippen LogP contribution in [0.25, 0.3) is 0 Å². The van der Waals surface area contributed by atoms with E-state index >= 15 is 0 Å². The summed E-state index contributed by atoms with van der Waals surface area (Å²) in [5.74, 6) is 0.524. The molecule has 0 amide bonds. The van der Waals surface area contributed by atoms with E-state index in [4.69, 9.17) is 5.73 Å². The van der Waals surface area contributed by atoms with Crippen LogP contribution in [0.3, 0.4) is 0 Å². The van der Waals surface area contributed by atoms with E-state index in [0.717, 1.165) is 12.2 Å². The molecule has 0 aliphatic heterocycles. The Bertz CT molecular complexity index is 266. The van der Waals surface area contributed by atoms with Crippen molar-refractivity contribution in [1.29, 1.82) is 0 Å². The van der Waals surface area contributed by atoms with Crippen LogP contribution in [0.5, 0.6) is 0 Å². The molecule has 0 heterocycles. The van der Waals surface area contributed by atoms with Gasteiger partial charge in [0.25, 0.3) is 0 Å². The third-order valence-corrected chi connectivity index (χ3v) is 2.74. The van der Waals surface area contributed by atoms with E-state index in [2.05, 4.69) is 38.2 Å². The van der Waals surface area contributed by atoms with Gasteiger partial charge in [-0.15, -0.1) is 0 Å². The van der Waals surface area contributed by atoms with E-state index < -0.39 is 0 Å². The number of nitrogens with one attached hydrogen (secondary N) is 1. The number of anilines is 1. The molecule has 3 N–H and O–H groups in total. The minimum atomic E-state index is 0.503. The zero-order chi connectivity index (χ0) is 10.6. The number of nitrogens with two attached hydrogens (primary N) is 1. The Morgan fingerprint density at radius 3 is 2.29 bits per heavy atom. The lowest BCUT2D eigenvalue weighted by Crippen LogP contribution is -2.30. The molecule has 0 aliphatic carbocycles. The van der Waals surface area contributed by atoms with Crippen LogP contribution in [0.4, 0.5) is 5.69 Å². The highest BCUT2D eigenvalue weighted by atomic mass is 14.9. The van der Waals surface area contributed by atoms with E-state index in [1.54, 1.807) is 0 Å². The molecule has 0 aliphatic rings. The summed E-state index contributed by atoms with van der Waals surface area (Å²) in [5, 5.41) is 3.43. The number of hydrogen-bond donors (Lipinski definition) is 2. The third-order valence-electron chi connectivity index (χ3n) is 2.74. The fraction of sp³-hybridized carbons (Fsp3) is 0.500. The van der Waals surface area contributed by atoms with E-state index in [0.29, 0.717) is 12.0 Å². The lowest BCUT2D eigenvalue weighted by Gasteiger charge is -2.21. The first-order chi connectivity index (χ1) is 6.65. The zero-order valence-electron chi connectivity index (χ0n) is 9.25. The minimum absolute atomic E-state index is 0.503. The van der Waals surface area contributed by atoms with Crippen LogP contribution in [0, 0.1) is 0 Å². The molecular weight excluding hydrogens is 172 g/mol. The average Bonchev–Trinajstić information content (AvgIpc) is 2.18. The number of likely N-dealkylation sites (N-methyl/N-ethyl adjacent to an activating group) is 1. The lowest BCUT2D eigenvalue weighted by molar-refractivity contribution is 0.495. The molecule has 0 saturated heterocycles. The van der Waals surface area contributed by atoms with Crippen LogP contribution < -0.4 is 11.1 Å². The van der Waals surface area contributed by atoms with E-state index in [1.807, 2.05) is 12.1 Å². The number of benzene rings is 1. The number of nitrogen functional groups attached to an aromatic ring is 1. The molecule has 0 aromatic heterocycles. The summed E-state index contributed by atoms with van der Waals surface area (Å²) in [5.41, 5.74) is 7.82. The summed E-state index contributed by atoms with van der Waals surface area (Å²) in [6.07, 6.45) is 0. The lowest BCUT2D eigenvalue weighted by atomic mass is 9.94. The average molecular weight is 192 g/mol. The Morgan fingerprint density at radius 2 is 1.79 bits per heavy atom. The fourth-order valence-corrected chi connectivity index (χ4v) is 1.59. The number of hydrogen-bond acceptors (Lipinski definition) is 2. The fourth-order valence-electron chi connectivity index (χ4n) is 1.59. The predicted octanol–water partition coefficient (Wildman–Crippen LogP) is 2.37. The molecule has 2 heteroatoms. The largest absolute Gasteiger partial charge is 0.399 e. The highest BCUT2D eigenvalue weighted by Gasteiger charge is 2.12. The summed E-state index contributed by atoms with van der Waals surface area (Å²) in [6.45, 7) is 7.59. The quantitative estimate of drug-likeness (QED) is 0.719. The molecule has 0 bridgehead atoms. The topological polar surface area (TPSA) is 38.0 Å². The van der Waals surface area contributed by atoms with Gasteiger partial charge < -0.3 is 11.1 Å². The summed E-state index contributed by atoms with van der Waals surface area (Å²) < 4.78 is 0. The molecule has 2 atom stereocenters. The van der Waals surface area contributed by atoms with Crippen LogP contribution in [-0.4, -0.2) is 12.6 Å². The van der Waals surface area contributed by atoms with E-state index in [-0.39, 0.29) is 0 Å². The molecule has 14 heavy (non-hydrogen) atoms. The highest BCUT2D eigenvalue weighted by Crippen LogP contribution is 2.19. The molecule has 78 valence electrons. The standard InChI is InChI=1S/C12H20N2/c1-4-14-10(3)9(2)11-5-7-12(13)8-6-11/h5-10,14H,4,13H2,1-3H3/t9-,10?/m0/s1. The van der Waals surface area contributed by atoms with Gasteiger partial charge in [0.15, 0.2) is 0 Å². The van der Waals surface area contributed by atoms with Crippen molar-refractivity contribution in [2.75, 3.05) is 12.3 Å². The van der Waals surface area contributed by atoms with Crippen molar-refractivity contribution in [3.05, 3.63) is 29.8 Å². The van der Waals surface area contributed by atoms with Crippen molar-refractivity contribution >= 4 is 5.69 Å². The molecule has 0 spiro atoms. The van der Waals surface area contributed by atoms with E-state index in [9.17, 15) is 0 Å². The van der Waals surface area contributed by atoms with Crippen molar-refractivity contribution < 1.29 is 0 Å². The molecule has 0 saturated carbocycles. The second kappa shape index (κ2) is 5.01. The maximum atomic E-state index is 5.65. The van der Waals surface area contributed by atoms with Gasteiger partial charge in [-0.1, -0.05) is 26.0 Å². The van der Waals surface area contributed by atoms with Crippen molar-refractivity contribution in [2.45, 2.75) is 32.7 Å². The molecule has 1 aromatic rings. The van der Waals surface area contributed by atoms with Gasteiger partial charge >= 0.3 is 0 Å². The van der Waals surface area contributed by atoms with E-state index in [1.165, 1.54) is 5.56 Å². The summed E-state index contributed by atoms with van der Waals surface area (Å²) in [6, 6.07) is 8.64. The van der Waals surface area contributed by atoms with Gasteiger partial charge in [0.1, 0.15) is 0 Å². The molecule has 0 radical (unpaired) electrons. The second-order valence-corrected chi connectivity index (χ2v) is 3.80. The summed E-state index contributed by atoms with van der Waals surface area (Å²) in [7, 11) is 0. The maximum Gasteiger partial charge on any atom is 0.0314 e. The second-order valence-electron chi connectivity index (χ2n) is 3.80. The van der Waals surface area contributed by atoms with Gasteiger partial charge in [-0.25, -0.2) is 0 Å². The van der Waals surface area contributed by atoms with Gasteiger partial charge in [-0.2, -0.15) is 0 Å². The molecule has 1 unspecified atom stereocenters.